The molecule has 25 heavy (non-hydrogen) atoms. The van der Waals surface area contributed by atoms with Crippen LogP contribution in [0.25, 0.3) is 11.6 Å². The Morgan fingerprint density at radius 3 is 2.44 bits per heavy atom. The molecule has 0 saturated carbocycles. The monoisotopic (exact) mass is 350 g/mol. The summed E-state index contributed by atoms with van der Waals surface area (Å²) in [5.41, 5.74) is -0.214. The van der Waals surface area contributed by atoms with Gasteiger partial charge < -0.3 is 24.2 Å². The zero-order valence-corrected chi connectivity index (χ0v) is 14.4. The molecule has 136 valence electrons. The molecule has 0 aromatic carbocycles. The summed E-state index contributed by atoms with van der Waals surface area (Å²) in [6.45, 7) is 5.04. The molecule has 0 spiro atoms. The Morgan fingerprint density at radius 1 is 1.24 bits per heavy atom. The van der Waals surface area contributed by atoms with Gasteiger partial charge in [0.2, 0.25) is 11.9 Å². The number of carbonyl (C=O) groups is 1. The Bertz CT molecular complexity index is 713. The summed E-state index contributed by atoms with van der Waals surface area (Å²) in [6, 6.07) is 1.46. The van der Waals surface area contributed by atoms with Crippen LogP contribution in [0.5, 0.6) is 11.5 Å². The predicted octanol–water partition coefficient (Wildman–Crippen LogP) is 3.03. The first-order valence-electron chi connectivity index (χ1n) is 8.28. The third-order valence-corrected chi connectivity index (χ3v) is 3.44. The Labute approximate surface area is 145 Å². The zero-order valence-electron chi connectivity index (χ0n) is 14.4. The van der Waals surface area contributed by atoms with Crippen molar-refractivity contribution in [3.63, 3.8) is 0 Å². The van der Waals surface area contributed by atoms with Crippen molar-refractivity contribution in [1.82, 2.24) is 4.98 Å². The highest BCUT2D eigenvalue weighted by Gasteiger charge is 2.23. The van der Waals surface area contributed by atoms with Crippen molar-refractivity contribution in [2.24, 2.45) is 0 Å². The number of oxazole rings is 1. The second-order valence-corrected chi connectivity index (χ2v) is 5.46. The molecule has 8 heteroatoms. The zero-order chi connectivity index (χ0) is 18.2. The van der Waals surface area contributed by atoms with Gasteiger partial charge in [-0.25, -0.2) is 4.79 Å². The SMILES string of the molecule is CCCCOc1cc(-c2nc(C(=O)O)co2)[n+]([O-])cc1OCCCC. The molecule has 2 aromatic heterocycles. The molecule has 0 saturated heterocycles. The second-order valence-electron chi connectivity index (χ2n) is 5.46. The third-order valence-electron chi connectivity index (χ3n) is 3.44. The van der Waals surface area contributed by atoms with Gasteiger partial charge in [-0.3, -0.25) is 0 Å². The minimum atomic E-state index is -1.23. The van der Waals surface area contributed by atoms with Gasteiger partial charge in [-0.2, -0.15) is 9.71 Å². The summed E-state index contributed by atoms with van der Waals surface area (Å²) in [5.74, 6) is -0.575. The van der Waals surface area contributed by atoms with Gasteiger partial charge in [-0.15, -0.1) is 0 Å². The van der Waals surface area contributed by atoms with E-state index in [1.165, 1.54) is 12.3 Å². The lowest BCUT2D eigenvalue weighted by Gasteiger charge is -2.13. The van der Waals surface area contributed by atoms with E-state index in [2.05, 4.69) is 4.98 Å². The van der Waals surface area contributed by atoms with E-state index in [0.717, 1.165) is 31.9 Å². The van der Waals surface area contributed by atoms with Gasteiger partial charge in [-0.1, -0.05) is 26.7 Å². The number of rotatable bonds is 10. The summed E-state index contributed by atoms with van der Waals surface area (Å²) in [7, 11) is 0. The minimum absolute atomic E-state index is 0.0573. The molecule has 0 unspecified atom stereocenters. The fraction of sp³-hybridized carbons (Fsp3) is 0.471. The Morgan fingerprint density at radius 2 is 1.88 bits per heavy atom. The number of carboxylic acids is 1. The molecular weight excluding hydrogens is 328 g/mol. The summed E-state index contributed by atoms with van der Waals surface area (Å²) in [5, 5.41) is 21.2. The average molecular weight is 350 g/mol. The standard InChI is InChI=1S/C17H22N2O6/c1-3-5-7-23-14-9-13(16-18-12(11-25-16)17(20)21)19(22)10-15(14)24-8-6-4-2/h9-11H,3-8H2,1-2H3,(H,20,21). The van der Waals surface area contributed by atoms with E-state index in [0.29, 0.717) is 29.4 Å². The van der Waals surface area contributed by atoms with Crippen LogP contribution in [0.4, 0.5) is 0 Å². The van der Waals surface area contributed by atoms with E-state index in [9.17, 15) is 10.0 Å². The van der Waals surface area contributed by atoms with Crippen molar-refractivity contribution in [3.8, 4) is 23.1 Å². The first-order valence-corrected chi connectivity index (χ1v) is 8.28. The molecule has 0 aliphatic rings. The van der Waals surface area contributed by atoms with Crippen molar-refractivity contribution in [1.29, 1.82) is 0 Å². The number of hydrogen-bond acceptors (Lipinski definition) is 6. The van der Waals surface area contributed by atoms with Crippen molar-refractivity contribution in [3.05, 3.63) is 29.4 Å². The molecule has 2 aromatic rings. The van der Waals surface area contributed by atoms with Crippen LogP contribution < -0.4 is 14.2 Å². The maximum Gasteiger partial charge on any atom is 0.357 e. The van der Waals surface area contributed by atoms with Crippen molar-refractivity contribution in [2.45, 2.75) is 39.5 Å². The van der Waals surface area contributed by atoms with Gasteiger partial charge in [0.1, 0.15) is 6.26 Å². The largest absolute Gasteiger partial charge is 0.618 e. The van der Waals surface area contributed by atoms with Crippen LogP contribution in [0, 0.1) is 5.21 Å². The van der Waals surface area contributed by atoms with E-state index in [1.54, 1.807) is 0 Å². The number of unbranched alkanes of at least 4 members (excludes halogenated alkanes) is 2. The number of nitrogens with zero attached hydrogens (tertiary/aromatic N) is 2. The topological polar surface area (TPSA) is 109 Å². The molecule has 0 radical (unpaired) electrons. The smallest absolute Gasteiger partial charge is 0.357 e. The fourth-order valence-corrected chi connectivity index (χ4v) is 2.02. The highest BCUT2D eigenvalue weighted by molar-refractivity contribution is 5.85. The van der Waals surface area contributed by atoms with Crippen LogP contribution in [0.1, 0.15) is 50.0 Å². The molecule has 2 rings (SSSR count). The van der Waals surface area contributed by atoms with Crippen molar-refractivity contribution >= 4 is 5.97 Å². The van der Waals surface area contributed by atoms with Gasteiger partial charge in [0, 0.05) is 0 Å². The normalized spacial score (nSPS) is 10.6. The van der Waals surface area contributed by atoms with E-state index >= 15 is 0 Å². The Hall–Kier alpha value is -2.77. The lowest BCUT2D eigenvalue weighted by molar-refractivity contribution is -0.594. The second kappa shape index (κ2) is 8.91. The number of ether oxygens (including phenoxy) is 2. The first-order chi connectivity index (χ1) is 12.1. The lowest BCUT2D eigenvalue weighted by atomic mass is 10.3. The molecule has 0 bridgehead atoms. The fourth-order valence-electron chi connectivity index (χ4n) is 2.02. The van der Waals surface area contributed by atoms with Crippen LogP contribution in [0.15, 0.2) is 22.9 Å². The van der Waals surface area contributed by atoms with Crippen LogP contribution >= 0.6 is 0 Å². The highest BCUT2D eigenvalue weighted by atomic mass is 16.5. The van der Waals surface area contributed by atoms with Crippen LogP contribution in [-0.4, -0.2) is 29.3 Å². The van der Waals surface area contributed by atoms with Gasteiger partial charge in [-0.05, 0) is 12.8 Å². The molecular formula is C17H22N2O6. The molecule has 2 heterocycles. The maximum absolute atomic E-state index is 12.3. The lowest BCUT2D eigenvalue weighted by Crippen LogP contribution is -2.29. The molecule has 0 amide bonds. The van der Waals surface area contributed by atoms with E-state index in [4.69, 9.17) is 19.0 Å². The molecule has 1 N–H and O–H groups in total. The van der Waals surface area contributed by atoms with E-state index < -0.39 is 5.97 Å². The Kier molecular flexibility index (Phi) is 6.62. The highest BCUT2D eigenvalue weighted by Crippen LogP contribution is 2.30. The van der Waals surface area contributed by atoms with E-state index in [1.807, 2.05) is 13.8 Å². The number of aromatic nitrogens is 2. The Balaban J connectivity index is 2.32. The molecule has 0 aliphatic carbocycles. The number of hydrogen-bond donors (Lipinski definition) is 1. The average Bonchev–Trinajstić information content (AvgIpc) is 3.07. The van der Waals surface area contributed by atoms with Gasteiger partial charge in [0.05, 0.1) is 19.3 Å². The number of aromatic carboxylic acids is 1. The number of pyridine rings is 1. The van der Waals surface area contributed by atoms with Gasteiger partial charge in [0.15, 0.2) is 11.4 Å². The summed E-state index contributed by atoms with van der Waals surface area (Å²) in [4.78, 5) is 14.7. The molecule has 0 fully saturated rings. The third kappa shape index (κ3) is 4.85. The van der Waals surface area contributed by atoms with Crippen LogP contribution in [0.2, 0.25) is 0 Å². The van der Waals surface area contributed by atoms with Crippen molar-refractivity contribution in [2.75, 3.05) is 13.2 Å². The number of carboxylic acid groups (broad SMARTS) is 1. The summed E-state index contributed by atoms with van der Waals surface area (Å²) >= 11 is 0. The first kappa shape index (κ1) is 18.6. The molecule has 8 nitrogen and oxygen atoms in total. The van der Waals surface area contributed by atoms with Gasteiger partial charge in [0.25, 0.3) is 11.6 Å². The predicted molar refractivity (Wildman–Crippen MR) is 88.7 cm³/mol. The summed E-state index contributed by atoms with van der Waals surface area (Å²) in [6.07, 6.45) is 5.89. The van der Waals surface area contributed by atoms with E-state index in [-0.39, 0.29) is 17.3 Å². The molecule has 0 atom stereocenters. The van der Waals surface area contributed by atoms with Crippen LogP contribution in [-0.2, 0) is 0 Å². The maximum atomic E-state index is 12.3. The van der Waals surface area contributed by atoms with Crippen LogP contribution in [0.3, 0.4) is 0 Å². The molecule has 0 aliphatic heterocycles. The van der Waals surface area contributed by atoms with Crippen molar-refractivity contribution < 1.29 is 28.5 Å². The summed E-state index contributed by atoms with van der Waals surface area (Å²) < 4.78 is 17.0. The minimum Gasteiger partial charge on any atom is -0.618 e. The van der Waals surface area contributed by atoms with Gasteiger partial charge >= 0.3 is 5.97 Å². The quantitative estimate of drug-likeness (QED) is 0.398.